The number of hydrogen-bond acceptors (Lipinski definition) is 1. The van der Waals surface area contributed by atoms with Crippen molar-refractivity contribution in [3.05, 3.63) is 54.1 Å². The van der Waals surface area contributed by atoms with Gasteiger partial charge in [0.15, 0.2) is 5.60 Å². The minimum Gasteiger partial charge on any atom is -0.271 e. The Morgan fingerprint density at radius 1 is 0.952 bits per heavy atom. The largest absolute Gasteiger partial charge is 0.523 e. The Morgan fingerprint density at radius 2 is 1.57 bits per heavy atom. The lowest BCUT2D eigenvalue weighted by Gasteiger charge is -2.34. The molecule has 1 aromatic carbocycles. The molecule has 114 valence electrons. The van der Waals surface area contributed by atoms with E-state index in [-0.39, 0.29) is 0 Å². The van der Waals surface area contributed by atoms with Crippen LogP contribution in [0.25, 0.3) is 5.57 Å². The zero-order chi connectivity index (χ0) is 15.7. The van der Waals surface area contributed by atoms with E-state index >= 15 is 0 Å². The number of alkyl halides is 6. The van der Waals surface area contributed by atoms with Gasteiger partial charge in [0.1, 0.15) is 0 Å². The Morgan fingerprint density at radius 3 is 2.00 bits per heavy atom. The summed E-state index contributed by atoms with van der Waals surface area (Å²) in [6.07, 6.45) is -8.97. The smallest absolute Gasteiger partial charge is 0.271 e. The second-order valence-corrected chi connectivity index (χ2v) is 4.50. The summed E-state index contributed by atoms with van der Waals surface area (Å²) in [7, 11) is 0. The van der Waals surface area contributed by atoms with Crippen molar-refractivity contribution in [3.63, 3.8) is 0 Å². The molecule has 0 spiro atoms. The molecule has 1 nitrogen and oxygen atoms in total. The molecule has 2 rings (SSSR count). The average Bonchev–Trinajstić information content (AvgIpc) is 2.37. The lowest BCUT2D eigenvalue weighted by atomic mass is 9.89. The van der Waals surface area contributed by atoms with Crippen molar-refractivity contribution in [2.45, 2.75) is 24.6 Å². The van der Waals surface area contributed by atoms with Crippen molar-refractivity contribution >= 4 is 5.57 Å². The van der Waals surface area contributed by atoms with E-state index < -0.39 is 24.6 Å². The number of ether oxygens (including phenoxy) is 1. The fourth-order valence-corrected chi connectivity index (χ4v) is 2.02. The molecule has 1 aliphatic carbocycles. The van der Waals surface area contributed by atoms with Crippen LogP contribution in [0.15, 0.2) is 48.6 Å². The molecule has 0 heterocycles. The summed E-state index contributed by atoms with van der Waals surface area (Å²) in [5.74, 6) is 0. The van der Waals surface area contributed by atoms with Crippen LogP contribution in [0.4, 0.5) is 26.3 Å². The summed E-state index contributed by atoms with van der Waals surface area (Å²) in [5, 5.41) is 0. The molecule has 0 fully saturated rings. The maximum atomic E-state index is 13.0. The van der Waals surface area contributed by atoms with Gasteiger partial charge in [0.2, 0.25) is 0 Å². The fraction of sp³-hybridized carbons (Fsp3) is 0.286. The maximum absolute atomic E-state index is 13.0. The number of benzene rings is 1. The minimum atomic E-state index is -5.38. The van der Waals surface area contributed by atoms with Gasteiger partial charge in [-0.1, -0.05) is 42.5 Å². The van der Waals surface area contributed by atoms with Gasteiger partial charge < -0.3 is 0 Å². The summed E-state index contributed by atoms with van der Waals surface area (Å²) in [5.41, 5.74) is -2.33. The first-order valence-corrected chi connectivity index (χ1v) is 5.91. The third-order valence-electron chi connectivity index (χ3n) is 3.04. The topological polar surface area (TPSA) is 9.23 Å². The molecule has 21 heavy (non-hydrogen) atoms. The molecule has 1 atom stereocenters. The number of allylic oxidation sites excluding steroid dienone is 2. The molecule has 0 amide bonds. The number of hydrogen-bond donors (Lipinski definition) is 0. The molecule has 0 bridgehead atoms. The fourth-order valence-electron chi connectivity index (χ4n) is 2.02. The number of rotatable bonds is 2. The van der Waals surface area contributed by atoms with Gasteiger partial charge in [0, 0.05) is 6.42 Å². The van der Waals surface area contributed by atoms with E-state index in [9.17, 15) is 26.3 Å². The Kier molecular flexibility index (Phi) is 3.88. The number of halogens is 6. The van der Waals surface area contributed by atoms with Crippen LogP contribution in [-0.4, -0.2) is 18.1 Å². The molecule has 0 saturated carbocycles. The Balaban J connectivity index is 2.30. The van der Waals surface area contributed by atoms with Crippen LogP contribution < -0.4 is 0 Å². The van der Waals surface area contributed by atoms with E-state index in [1.807, 2.05) is 0 Å². The Bertz CT molecular complexity index is 555. The molecule has 0 aromatic heterocycles. The van der Waals surface area contributed by atoms with Crippen LogP contribution in [-0.2, 0) is 4.74 Å². The summed E-state index contributed by atoms with van der Waals surface area (Å²) in [6, 6.07) is 8.40. The first-order chi connectivity index (χ1) is 9.63. The standard InChI is InChI=1S/C14H10F6O/c15-13(16,17)12(21-14(18,19)20)8-6-11(7-9-12)10-4-2-1-3-5-10/h1-8H,9H2. The Hall–Kier alpha value is -1.76. The second kappa shape index (κ2) is 5.22. The molecule has 7 heteroatoms. The molecule has 0 N–H and O–H groups in total. The lowest BCUT2D eigenvalue weighted by Crippen LogP contribution is -2.49. The quantitative estimate of drug-likeness (QED) is 0.708. The highest BCUT2D eigenvalue weighted by molar-refractivity contribution is 5.75. The second-order valence-electron chi connectivity index (χ2n) is 4.50. The van der Waals surface area contributed by atoms with E-state index in [2.05, 4.69) is 4.74 Å². The molecular weight excluding hydrogens is 298 g/mol. The predicted molar refractivity (Wildman–Crippen MR) is 64.1 cm³/mol. The first kappa shape index (κ1) is 15.6. The SMILES string of the molecule is FC(F)(F)OC1(C(F)(F)F)C=CC(c2ccccc2)=CC1. The lowest BCUT2D eigenvalue weighted by molar-refractivity contribution is -0.402. The van der Waals surface area contributed by atoms with Gasteiger partial charge in [0.05, 0.1) is 0 Å². The van der Waals surface area contributed by atoms with Crippen molar-refractivity contribution < 1.29 is 31.1 Å². The van der Waals surface area contributed by atoms with Crippen molar-refractivity contribution in [2.75, 3.05) is 0 Å². The van der Waals surface area contributed by atoms with E-state index in [0.717, 1.165) is 12.2 Å². The minimum absolute atomic E-state index is 0.418. The van der Waals surface area contributed by atoms with Crippen LogP contribution in [0.3, 0.4) is 0 Å². The highest BCUT2D eigenvalue weighted by Crippen LogP contribution is 2.45. The van der Waals surface area contributed by atoms with Gasteiger partial charge in [-0.2, -0.15) is 13.2 Å². The molecular formula is C14H10F6O. The van der Waals surface area contributed by atoms with Crippen LogP contribution >= 0.6 is 0 Å². The van der Waals surface area contributed by atoms with E-state index in [1.54, 1.807) is 30.3 Å². The van der Waals surface area contributed by atoms with Gasteiger partial charge in [-0.15, -0.1) is 13.2 Å². The van der Waals surface area contributed by atoms with Crippen LogP contribution in [0.2, 0.25) is 0 Å². The van der Waals surface area contributed by atoms with Gasteiger partial charge in [0.25, 0.3) is 0 Å². The maximum Gasteiger partial charge on any atom is 0.523 e. The summed E-state index contributed by atoms with van der Waals surface area (Å²) in [6.45, 7) is 0. The van der Waals surface area contributed by atoms with Crippen LogP contribution in [0.5, 0.6) is 0 Å². The van der Waals surface area contributed by atoms with Gasteiger partial charge in [-0.3, -0.25) is 4.74 Å². The van der Waals surface area contributed by atoms with Crippen molar-refractivity contribution in [2.24, 2.45) is 0 Å². The summed E-state index contributed by atoms with van der Waals surface area (Å²) < 4.78 is 79.0. The van der Waals surface area contributed by atoms with Crippen LogP contribution in [0, 0.1) is 0 Å². The van der Waals surface area contributed by atoms with E-state index in [1.165, 1.54) is 0 Å². The third kappa shape index (κ3) is 3.47. The van der Waals surface area contributed by atoms with E-state index in [4.69, 9.17) is 0 Å². The highest BCUT2D eigenvalue weighted by atomic mass is 19.4. The Labute approximate surface area is 116 Å². The molecule has 1 aliphatic rings. The van der Waals surface area contributed by atoms with E-state index in [0.29, 0.717) is 17.2 Å². The molecule has 0 saturated heterocycles. The molecule has 1 unspecified atom stereocenters. The summed E-state index contributed by atoms with van der Waals surface area (Å²) in [4.78, 5) is 0. The first-order valence-electron chi connectivity index (χ1n) is 5.91. The van der Waals surface area contributed by atoms with Gasteiger partial charge >= 0.3 is 12.5 Å². The average molecular weight is 308 g/mol. The highest BCUT2D eigenvalue weighted by Gasteiger charge is 2.59. The predicted octanol–water partition coefficient (Wildman–Crippen LogP) is 4.87. The van der Waals surface area contributed by atoms with Gasteiger partial charge in [-0.25, -0.2) is 0 Å². The zero-order valence-electron chi connectivity index (χ0n) is 10.5. The monoisotopic (exact) mass is 308 g/mol. The molecule has 1 aromatic rings. The summed E-state index contributed by atoms with van der Waals surface area (Å²) >= 11 is 0. The third-order valence-corrected chi connectivity index (χ3v) is 3.04. The van der Waals surface area contributed by atoms with Gasteiger partial charge in [-0.05, 0) is 17.2 Å². The molecule has 0 radical (unpaired) electrons. The van der Waals surface area contributed by atoms with Crippen molar-refractivity contribution in [1.82, 2.24) is 0 Å². The van der Waals surface area contributed by atoms with Crippen molar-refractivity contribution in [3.8, 4) is 0 Å². The zero-order valence-corrected chi connectivity index (χ0v) is 10.5. The normalized spacial score (nSPS) is 23.0. The van der Waals surface area contributed by atoms with Crippen LogP contribution in [0.1, 0.15) is 12.0 Å². The molecule has 0 aliphatic heterocycles. The van der Waals surface area contributed by atoms with Crippen molar-refractivity contribution in [1.29, 1.82) is 0 Å².